The highest BCUT2D eigenvalue weighted by Crippen LogP contribution is 2.12. The molecule has 0 saturated heterocycles. The largest absolute Gasteiger partial charge is 0.376 e. The van der Waals surface area contributed by atoms with Crippen LogP contribution < -0.4 is 0 Å². The summed E-state index contributed by atoms with van der Waals surface area (Å²) in [5, 5.41) is 2.11. The van der Waals surface area contributed by atoms with Gasteiger partial charge in [0, 0.05) is 11.5 Å². The molecule has 19 heavy (non-hydrogen) atoms. The van der Waals surface area contributed by atoms with Gasteiger partial charge in [-0.05, 0) is 17.9 Å². The summed E-state index contributed by atoms with van der Waals surface area (Å²) in [6.07, 6.45) is 13.9. The summed E-state index contributed by atoms with van der Waals surface area (Å²) >= 11 is 1.78. The van der Waals surface area contributed by atoms with Crippen molar-refractivity contribution in [1.29, 1.82) is 0 Å². The molecule has 1 rings (SSSR count). The maximum absolute atomic E-state index is 5.66. The van der Waals surface area contributed by atoms with Gasteiger partial charge < -0.3 is 4.74 Å². The predicted octanol–water partition coefficient (Wildman–Crippen LogP) is 6.19. The minimum Gasteiger partial charge on any atom is -0.376 e. The van der Waals surface area contributed by atoms with Crippen LogP contribution in [0.25, 0.3) is 0 Å². The molecule has 0 saturated carbocycles. The summed E-state index contributed by atoms with van der Waals surface area (Å²) in [5.41, 5.74) is 0. The Hall–Kier alpha value is -0.340. The van der Waals surface area contributed by atoms with Crippen LogP contribution in [0.1, 0.15) is 76.0 Å². The van der Waals surface area contributed by atoms with Crippen molar-refractivity contribution in [2.75, 3.05) is 6.61 Å². The molecule has 0 aromatic carbocycles. The lowest BCUT2D eigenvalue weighted by atomic mass is 10.1. The van der Waals surface area contributed by atoms with Crippen LogP contribution in [0.3, 0.4) is 0 Å². The summed E-state index contributed by atoms with van der Waals surface area (Å²) in [4.78, 5) is 1.34. The molecular weight excluding hydrogens is 252 g/mol. The third-order valence-corrected chi connectivity index (χ3v) is 4.32. The molecule has 110 valence electrons. The van der Waals surface area contributed by atoms with Gasteiger partial charge in [0.1, 0.15) is 0 Å². The predicted molar refractivity (Wildman–Crippen MR) is 85.8 cm³/mol. The molecule has 0 aliphatic rings. The molecule has 0 aliphatic heterocycles. The van der Waals surface area contributed by atoms with Gasteiger partial charge in [0.2, 0.25) is 0 Å². The molecule has 0 N–H and O–H groups in total. The zero-order valence-electron chi connectivity index (χ0n) is 12.5. The van der Waals surface area contributed by atoms with Crippen molar-refractivity contribution >= 4 is 11.3 Å². The first-order valence-electron chi connectivity index (χ1n) is 8.03. The normalized spacial score (nSPS) is 11.0. The van der Waals surface area contributed by atoms with E-state index in [2.05, 4.69) is 24.4 Å². The van der Waals surface area contributed by atoms with E-state index >= 15 is 0 Å². The van der Waals surface area contributed by atoms with Crippen molar-refractivity contribution in [3.05, 3.63) is 22.4 Å². The average Bonchev–Trinajstić information content (AvgIpc) is 2.93. The standard InChI is InChI=1S/C17H30OS/c1-2-3-4-5-6-7-8-9-10-11-14-18-16-17-13-12-15-19-17/h12-13,15H,2-11,14,16H2,1H3. The second-order valence-corrected chi connectivity index (χ2v) is 6.35. The van der Waals surface area contributed by atoms with Gasteiger partial charge in [0.25, 0.3) is 0 Å². The van der Waals surface area contributed by atoms with E-state index < -0.39 is 0 Å². The van der Waals surface area contributed by atoms with E-state index in [1.54, 1.807) is 11.3 Å². The molecular formula is C17H30OS. The molecule has 0 radical (unpaired) electrons. The molecule has 1 aromatic heterocycles. The molecule has 1 nitrogen and oxygen atoms in total. The third-order valence-electron chi connectivity index (χ3n) is 3.47. The van der Waals surface area contributed by atoms with Crippen LogP contribution >= 0.6 is 11.3 Å². The second kappa shape index (κ2) is 12.7. The molecule has 1 aromatic rings. The Labute approximate surface area is 123 Å². The van der Waals surface area contributed by atoms with Crippen molar-refractivity contribution in [1.82, 2.24) is 0 Å². The average molecular weight is 282 g/mol. The van der Waals surface area contributed by atoms with Crippen LogP contribution in [-0.4, -0.2) is 6.61 Å². The Bertz CT molecular complexity index is 269. The lowest BCUT2D eigenvalue weighted by Crippen LogP contribution is -1.93. The highest BCUT2D eigenvalue weighted by Gasteiger charge is 1.95. The van der Waals surface area contributed by atoms with Gasteiger partial charge in [0.15, 0.2) is 0 Å². The fourth-order valence-corrected chi connectivity index (χ4v) is 2.90. The van der Waals surface area contributed by atoms with Gasteiger partial charge in [0.05, 0.1) is 6.61 Å². The molecule has 0 bridgehead atoms. The van der Waals surface area contributed by atoms with Crippen molar-refractivity contribution in [3.63, 3.8) is 0 Å². The van der Waals surface area contributed by atoms with E-state index in [9.17, 15) is 0 Å². The van der Waals surface area contributed by atoms with E-state index in [1.807, 2.05) is 0 Å². The molecule has 0 spiro atoms. The first kappa shape index (κ1) is 16.7. The topological polar surface area (TPSA) is 9.23 Å². The number of rotatable bonds is 13. The number of thiophene rings is 1. The molecule has 0 fully saturated rings. The fourth-order valence-electron chi connectivity index (χ4n) is 2.26. The van der Waals surface area contributed by atoms with Crippen molar-refractivity contribution in [2.45, 2.75) is 77.7 Å². The lowest BCUT2D eigenvalue weighted by Gasteiger charge is -2.03. The molecule has 0 amide bonds. The Kier molecular flexibility index (Phi) is 11.2. The molecule has 2 heteroatoms. The van der Waals surface area contributed by atoms with Crippen molar-refractivity contribution < 1.29 is 4.74 Å². The first-order chi connectivity index (χ1) is 9.43. The van der Waals surface area contributed by atoms with Gasteiger partial charge in [-0.15, -0.1) is 11.3 Å². The minimum atomic E-state index is 0.801. The third kappa shape index (κ3) is 10.1. The van der Waals surface area contributed by atoms with Crippen LogP contribution in [0.5, 0.6) is 0 Å². The summed E-state index contributed by atoms with van der Waals surface area (Å²) in [5.74, 6) is 0. The summed E-state index contributed by atoms with van der Waals surface area (Å²) < 4.78 is 5.66. The maximum Gasteiger partial charge on any atom is 0.0809 e. The second-order valence-electron chi connectivity index (χ2n) is 5.31. The van der Waals surface area contributed by atoms with Gasteiger partial charge in [-0.25, -0.2) is 0 Å². The van der Waals surface area contributed by atoms with Gasteiger partial charge in [-0.2, -0.15) is 0 Å². The lowest BCUT2D eigenvalue weighted by molar-refractivity contribution is 0.118. The SMILES string of the molecule is CCCCCCCCCCCCOCc1cccs1. The Morgan fingerprint density at radius 1 is 0.895 bits per heavy atom. The zero-order valence-corrected chi connectivity index (χ0v) is 13.4. The van der Waals surface area contributed by atoms with E-state index in [0.29, 0.717) is 0 Å². The number of hydrogen-bond acceptors (Lipinski definition) is 2. The Morgan fingerprint density at radius 2 is 1.53 bits per heavy atom. The van der Waals surface area contributed by atoms with E-state index in [0.717, 1.165) is 13.2 Å². The van der Waals surface area contributed by atoms with Crippen LogP contribution in [0.15, 0.2) is 17.5 Å². The fraction of sp³-hybridized carbons (Fsp3) is 0.765. The highest BCUT2D eigenvalue weighted by molar-refractivity contribution is 7.09. The Morgan fingerprint density at radius 3 is 2.11 bits per heavy atom. The molecule has 0 aliphatic carbocycles. The number of ether oxygens (including phenoxy) is 1. The van der Waals surface area contributed by atoms with Gasteiger partial charge in [-0.1, -0.05) is 70.8 Å². The summed E-state index contributed by atoms with van der Waals surface area (Å²) in [6.45, 7) is 4.00. The van der Waals surface area contributed by atoms with Crippen LogP contribution in [0.2, 0.25) is 0 Å². The first-order valence-corrected chi connectivity index (χ1v) is 8.91. The highest BCUT2D eigenvalue weighted by atomic mass is 32.1. The van der Waals surface area contributed by atoms with Crippen LogP contribution in [-0.2, 0) is 11.3 Å². The maximum atomic E-state index is 5.66. The van der Waals surface area contributed by atoms with E-state index in [4.69, 9.17) is 4.74 Å². The van der Waals surface area contributed by atoms with Gasteiger partial charge >= 0.3 is 0 Å². The number of hydrogen-bond donors (Lipinski definition) is 0. The summed E-state index contributed by atoms with van der Waals surface area (Å²) in [6, 6.07) is 4.23. The van der Waals surface area contributed by atoms with E-state index in [-0.39, 0.29) is 0 Å². The molecule has 1 heterocycles. The zero-order chi connectivity index (χ0) is 13.6. The smallest absolute Gasteiger partial charge is 0.0809 e. The molecule has 0 unspecified atom stereocenters. The van der Waals surface area contributed by atoms with Crippen LogP contribution in [0.4, 0.5) is 0 Å². The van der Waals surface area contributed by atoms with Gasteiger partial charge in [-0.3, -0.25) is 0 Å². The Balaban J connectivity index is 1.72. The summed E-state index contributed by atoms with van der Waals surface area (Å²) in [7, 11) is 0. The van der Waals surface area contributed by atoms with E-state index in [1.165, 1.54) is 69.1 Å². The van der Waals surface area contributed by atoms with Crippen LogP contribution in [0, 0.1) is 0 Å². The van der Waals surface area contributed by atoms with Crippen molar-refractivity contribution in [3.8, 4) is 0 Å². The monoisotopic (exact) mass is 282 g/mol. The minimum absolute atomic E-state index is 0.801. The molecule has 0 atom stereocenters. The van der Waals surface area contributed by atoms with Crippen molar-refractivity contribution in [2.24, 2.45) is 0 Å². The number of unbranched alkanes of at least 4 members (excludes halogenated alkanes) is 9. The quantitative estimate of drug-likeness (QED) is 0.392.